The van der Waals surface area contributed by atoms with Crippen molar-refractivity contribution >= 4 is 22.8 Å². The maximum Gasteiger partial charge on any atom is 0.228 e. The van der Waals surface area contributed by atoms with E-state index in [1.54, 1.807) is 29.2 Å². The number of pyridine rings is 1. The molecule has 0 aliphatic carbocycles. The quantitative estimate of drug-likeness (QED) is 0.739. The van der Waals surface area contributed by atoms with Gasteiger partial charge in [-0.15, -0.1) is 0 Å². The molecule has 3 heterocycles. The number of aromatic nitrogens is 3. The van der Waals surface area contributed by atoms with E-state index in [9.17, 15) is 9.59 Å². The average molecular weight is 377 g/mol. The molecule has 1 aromatic carbocycles. The van der Waals surface area contributed by atoms with Gasteiger partial charge in [-0.25, -0.2) is 4.98 Å². The molecular weight excluding hydrogens is 354 g/mol. The molecule has 28 heavy (non-hydrogen) atoms. The fraction of sp³-hybridized carbons (Fsp3) is 0.333. The van der Waals surface area contributed by atoms with Gasteiger partial charge in [-0.2, -0.15) is 0 Å². The lowest BCUT2D eigenvalue weighted by Gasteiger charge is -2.20. The number of fused-ring (bicyclic) bond motifs is 1. The Bertz CT molecular complexity index is 1010. The van der Waals surface area contributed by atoms with E-state index >= 15 is 0 Å². The Balaban J connectivity index is 1.40. The second-order valence-electron chi connectivity index (χ2n) is 7.43. The Hall–Kier alpha value is -3.22. The number of rotatable bonds is 5. The highest BCUT2D eigenvalue weighted by Crippen LogP contribution is 2.22. The maximum absolute atomic E-state index is 12.9. The number of imidazole rings is 1. The SMILES string of the molecule is Cc1ccc2nc(CN(C)C(=O)[C@H]3CC(=O)N(Cc4ccncc4)C3)[nH]c2c1. The molecule has 0 spiro atoms. The number of aromatic amines is 1. The van der Waals surface area contributed by atoms with Crippen LogP contribution in [0.1, 0.15) is 23.4 Å². The number of amides is 2. The molecule has 144 valence electrons. The standard InChI is InChI=1S/C21H23N5O2/c1-14-3-4-17-18(9-14)24-19(23-17)13-25(2)21(28)16-10-20(27)26(12-16)11-15-5-7-22-8-6-15/h3-9,16H,10-13H2,1-2H3,(H,23,24)/t16-/m0/s1. The molecule has 1 saturated heterocycles. The van der Waals surface area contributed by atoms with Crippen LogP contribution in [0.5, 0.6) is 0 Å². The van der Waals surface area contributed by atoms with Crippen molar-refractivity contribution in [1.29, 1.82) is 0 Å². The molecule has 0 radical (unpaired) electrons. The summed E-state index contributed by atoms with van der Waals surface area (Å²) >= 11 is 0. The van der Waals surface area contributed by atoms with Gasteiger partial charge in [0.15, 0.2) is 0 Å². The second kappa shape index (κ2) is 7.42. The van der Waals surface area contributed by atoms with Gasteiger partial charge in [0, 0.05) is 39.0 Å². The lowest BCUT2D eigenvalue weighted by atomic mass is 10.1. The normalized spacial score (nSPS) is 16.7. The Labute approximate surface area is 163 Å². The van der Waals surface area contributed by atoms with E-state index in [0.717, 1.165) is 28.0 Å². The summed E-state index contributed by atoms with van der Waals surface area (Å²) < 4.78 is 0. The first-order valence-corrected chi connectivity index (χ1v) is 9.36. The van der Waals surface area contributed by atoms with Crippen molar-refractivity contribution in [3.8, 4) is 0 Å². The van der Waals surface area contributed by atoms with Gasteiger partial charge in [-0.05, 0) is 42.3 Å². The topological polar surface area (TPSA) is 82.2 Å². The van der Waals surface area contributed by atoms with Gasteiger partial charge in [-0.1, -0.05) is 6.07 Å². The van der Waals surface area contributed by atoms with Crippen LogP contribution >= 0.6 is 0 Å². The number of nitrogens with one attached hydrogen (secondary N) is 1. The van der Waals surface area contributed by atoms with Crippen LogP contribution in [0.25, 0.3) is 11.0 Å². The second-order valence-corrected chi connectivity index (χ2v) is 7.43. The summed E-state index contributed by atoms with van der Waals surface area (Å²) in [7, 11) is 1.76. The van der Waals surface area contributed by atoms with Crippen molar-refractivity contribution in [1.82, 2.24) is 24.8 Å². The molecule has 3 aromatic rings. The number of hydrogen-bond donors (Lipinski definition) is 1. The van der Waals surface area contributed by atoms with Crippen LogP contribution in [-0.4, -0.2) is 50.2 Å². The molecule has 0 saturated carbocycles. The predicted octanol–water partition coefficient (Wildman–Crippen LogP) is 2.27. The number of H-pyrrole nitrogens is 1. The van der Waals surface area contributed by atoms with Crippen LogP contribution in [0.15, 0.2) is 42.7 Å². The van der Waals surface area contributed by atoms with Gasteiger partial charge in [0.2, 0.25) is 11.8 Å². The zero-order valence-corrected chi connectivity index (χ0v) is 16.1. The van der Waals surface area contributed by atoms with Crippen molar-refractivity contribution < 1.29 is 9.59 Å². The molecule has 7 heteroatoms. The Morgan fingerprint density at radius 3 is 2.86 bits per heavy atom. The third-order valence-corrected chi connectivity index (χ3v) is 5.14. The molecule has 2 aromatic heterocycles. The van der Waals surface area contributed by atoms with Gasteiger partial charge in [-0.3, -0.25) is 14.6 Å². The predicted molar refractivity (Wildman–Crippen MR) is 105 cm³/mol. The molecule has 7 nitrogen and oxygen atoms in total. The minimum absolute atomic E-state index is 0.0165. The molecule has 0 unspecified atom stereocenters. The fourth-order valence-electron chi connectivity index (χ4n) is 3.66. The van der Waals surface area contributed by atoms with Gasteiger partial charge in [0.1, 0.15) is 5.82 Å². The lowest BCUT2D eigenvalue weighted by Crippen LogP contribution is -2.34. The number of likely N-dealkylation sites (tertiary alicyclic amines) is 1. The highest BCUT2D eigenvalue weighted by molar-refractivity contribution is 5.89. The molecule has 0 bridgehead atoms. The van der Waals surface area contributed by atoms with Crippen LogP contribution in [0.2, 0.25) is 0 Å². The summed E-state index contributed by atoms with van der Waals surface area (Å²) in [6, 6.07) is 9.80. The summed E-state index contributed by atoms with van der Waals surface area (Å²) in [6.45, 7) is 3.38. The molecule has 1 N–H and O–H groups in total. The van der Waals surface area contributed by atoms with E-state index in [1.807, 2.05) is 37.3 Å². The Morgan fingerprint density at radius 2 is 2.07 bits per heavy atom. The largest absolute Gasteiger partial charge is 0.340 e. The number of carbonyl (C=O) groups excluding carboxylic acids is 2. The molecule has 1 fully saturated rings. The van der Waals surface area contributed by atoms with E-state index in [2.05, 4.69) is 15.0 Å². The first-order valence-electron chi connectivity index (χ1n) is 9.36. The number of hydrogen-bond acceptors (Lipinski definition) is 4. The molecule has 1 atom stereocenters. The zero-order chi connectivity index (χ0) is 19.7. The van der Waals surface area contributed by atoms with Crippen LogP contribution in [0.4, 0.5) is 0 Å². The summed E-state index contributed by atoms with van der Waals surface area (Å²) in [6.07, 6.45) is 3.68. The van der Waals surface area contributed by atoms with E-state index in [-0.39, 0.29) is 24.2 Å². The minimum atomic E-state index is -0.314. The third-order valence-electron chi connectivity index (χ3n) is 5.14. The van der Waals surface area contributed by atoms with Crippen molar-refractivity contribution in [2.24, 2.45) is 5.92 Å². The summed E-state index contributed by atoms with van der Waals surface area (Å²) in [5, 5.41) is 0. The van der Waals surface area contributed by atoms with Gasteiger partial charge < -0.3 is 14.8 Å². The summed E-state index contributed by atoms with van der Waals surface area (Å²) in [4.78, 5) is 40.4. The number of carbonyl (C=O) groups is 2. The summed E-state index contributed by atoms with van der Waals surface area (Å²) in [5.41, 5.74) is 4.03. The van der Waals surface area contributed by atoms with Crippen molar-refractivity contribution in [2.75, 3.05) is 13.6 Å². The first kappa shape index (κ1) is 18.2. The van der Waals surface area contributed by atoms with E-state index in [1.165, 1.54) is 0 Å². The summed E-state index contributed by atoms with van der Waals surface area (Å²) in [5.74, 6) is 0.422. The lowest BCUT2D eigenvalue weighted by molar-refractivity contribution is -0.135. The average Bonchev–Trinajstić information content (AvgIpc) is 3.24. The van der Waals surface area contributed by atoms with E-state index in [0.29, 0.717) is 19.6 Å². The number of benzene rings is 1. The molecule has 1 aliphatic heterocycles. The minimum Gasteiger partial charge on any atom is -0.340 e. The van der Waals surface area contributed by atoms with Crippen LogP contribution in [0.3, 0.4) is 0 Å². The highest BCUT2D eigenvalue weighted by atomic mass is 16.2. The first-order chi connectivity index (χ1) is 13.5. The Kier molecular flexibility index (Phi) is 4.81. The molecule has 4 rings (SSSR count). The Morgan fingerprint density at radius 1 is 1.29 bits per heavy atom. The third kappa shape index (κ3) is 3.74. The monoisotopic (exact) mass is 377 g/mol. The number of aryl methyl sites for hydroxylation is 1. The van der Waals surface area contributed by atoms with Crippen LogP contribution in [-0.2, 0) is 22.7 Å². The fourth-order valence-corrected chi connectivity index (χ4v) is 3.66. The maximum atomic E-state index is 12.9. The smallest absolute Gasteiger partial charge is 0.228 e. The zero-order valence-electron chi connectivity index (χ0n) is 16.1. The van der Waals surface area contributed by atoms with Gasteiger partial charge >= 0.3 is 0 Å². The number of nitrogens with zero attached hydrogens (tertiary/aromatic N) is 4. The molecule has 1 aliphatic rings. The van der Waals surface area contributed by atoms with Gasteiger partial charge in [0.05, 0.1) is 23.5 Å². The van der Waals surface area contributed by atoms with Crippen LogP contribution < -0.4 is 0 Å². The highest BCUT2D eigenvalue weighted by Gasteiger charge is 2.35. The van der Waals surface area contributed by atoms with Gasteiger partial charge in [0.25, 0.3) is 0 Å². The van der Waals surface area contributed by atoms with E-state index in [4.69, 9.17) is 0 Å². The van der Waals surface area contributed by atoms with Crippen molar-refractivity contribution in [3.05, 3.63) is 59.7 Å². The molecular formula is C21H23N5O2. The van der Waals surface area contributed by atoms with Crippen molar-refractivity contribution in [3.63, 3.8) is 0 Å². The van der Waals surface area contributed by atoms with E-state index < -0.39 is 0 Å². The van der Waals surface area contributed by atoms with Crippen LogP contribution in [0, 0.1) is 12.8 Å². The molecule has 2 amide bonds. The van der Waals surface area contributed by atoms with Crippen molar-refractivity contribution in [2.45, 2.75) is 26.4 Å².